The fraction of sp³-hybridized carbons (Fsp3) is 0.438. The largest absolute Gasteiger partial charge is 1.00 e. The zero-order valence-electron chi connectivity index (χ0n) is 13.8. The molecule has 6 heteroatoms. The SMILES string of the molecule is CC.C[C-]=CC(=N)N1CCNCC1.Fc1c[c-]ccc1F.[K+]. The topological polar surface area (TPSA) is 39.1 Å². The summed E-state index contributed by atoms with van der Waals surface area (Å²) in [6, 6.07) is 5.68. The van der Waals surface area contributed by atoms with Gasteiger partial charge in [-0.05, 0) is 5.84 Å². The van der Waals surface area contributed by atoms with Crippen molar-refractivity contribution in [3.05, 3.63) is 48.1 Å². The molecule has 0 amide bonds. The van der Waals surface area contributed by atoms with E-state index in [-0.39, 0.29) is 51.4 Å². The standard InChI is InChI=1S/C8H14N3.C6H3F2.C2H6.K/c1-2-3-8(9)11-6-4-10-5-7-11;7-5-3-1-2-4-6(5)8;1-2;/h3,9-10H,4-7H2,1H3;1,3-4H;1-2H3;/q2*-1;;+1. The molecule has 3 nitrogen and oxygen atoms in total. The van der Waals surface area contributed by atoms with Gasteiger partial charge in [0.2, 0.25) is 0 Å². The first-order valence-electron chi connectivity index (χ1n) is 7.01. The maximum atomic E-state index is 11.9. The molecular weight excluding hydrogens is 311 g/mol. The van der Waals surface area contributed by atoms with E-state index in [1.54, 1.807) is 6.08 Å². The normalized spacial score (nSPS) is 13.2. The second kappa shape index (κ2) is 15.8. The molecule has 0 saturated carbocycles. The zero-order valence-corrected chi connectivity index (χ0v) is 17.0. The number of allylic oxidation sites excluding steroid dienone is 1. The molecule has 1 fully saturated rings. The summed E-state index contributed by atoms with van der Waals surface area (Å²) in [5.74, 6) is -1.11. The number of amidine groups is 1. The number of hydrogen-bond acceptors (Lipinski definition) is 2. The van der Waals surface area contributed by atoms with Gasteiger partial charge < -0.3 is 15.6 Å². The molecule has 0 aliphatic carbocycles. The third kappa shape index (κ3) is 10.6. The van der Waals surface area contributed by atoms with Crippen LogP contribution in [0.15, 0.2) is 24.3 Å². The Morgan fingerprint density at radius 2 is 1.91 bits per heavy atom. The molecule has 1 saturated heterocycles. The predicted molar refractivity (Wildman–Crippen MR) is 82.2 cm³/mol. The first-order valence-corrected chi connectivity index (χ1v) is 7.01. The molecule has 0 spiro atoms. The maximum Gasteiger partial charge on any atom is 1.00 e. The first-order chi connectivity index (χ1) is 10.1. The molecule has 0 aromatic heterocycles. The number of halogens is 2. The van der Waals surface area contributed by atoms with E-state index >= 15 is 0 Å². The summed E-state index contributed by atoms with van der Waals surface area (Å²) in [6.45, 7) is 9.67. The molecule has 2 N–H and O–H groups in total. The molecule has 0 radical (unpaired) electrons. The van der Waals surface area contributed by atoms with Crippen LogP contribution in [-0.4, -0.2) is 36.9 Å². The van der Waals surface area contributed by atoms with Crippen LogP contribution in [0.3, 0.4) is 0 Å². The minimum Gasteiger partial charge on any atom is -0.432 e. The molecule has 2 rings (SSSR count). The number of hydrogen-bond donors (Lipinski definition) is 2. The Morgan fingerprint density at radius 3 is 2.32 bits per heavy atom. The Labute approximate surface area is 175 Å². The van der Waals surface area contributed by atoms with Gasteiger partial charge in [0.15, 0.2) is 0 Å². The average molecular weight is 334 g/mol. The average Bonchev–Trinajstić information content (AvgIpc) is 2.54. The van der Waals surface area contributed by atoms with Gasteiger partial charge in [0.25, 0.3) is 0 Å². The molecule has 1 aliphatic heterocycles. The minimum absolute atomic E-state index is 0. The zero-order chi connectivity index (χ0) is 16.1. The molecular formula is C16H23F2KN3-. The Hall–Kier alpha value is -0.114. The number of piperazine rings is 1. The van der Waals surface area contributed by atoms with Crippen molar-refractivity contribution in [1.82, 2.24) is 10.2 Å². The van der Waals surface area contributed by atoms with Gasteiger partial charge in [-0.3, -0.25) is 10.5 Å². The first kappa shape index (κ1) is 24.1. The van der Waals surface area contributed by atoms with Crippen molar-refractivity contribution in [3.63, 3.8) is 0 Å². The van der Waals surface area contributed by atoms with Crippen molar-refractivity contribution in [2.24, 2.45) is 0 Å². The molecule has 0 unspecified atom stereocenters. The van der Waals surface area contributed by atoms with Crippen LogP contribution in [0.2, 0.25) is 0 Å². The van der Waals surface area contributed by atoms with Crippen LogP contribution in [0.4, 0.5) is 8.78 Å². The predicted octanol–water partition coefficient (Wildman–Crippen LogP) is 0.0434. The molecule has 22 heavy (non-hydrogen) atoms. The van der Waals surface area contributed by atoms with E-state index in [0.717, 1.165) is 38.3 Å². The van der Waals surface area contributed by atoms with Gasteiger partial charge >= 0.3 is 51.4 Å². The van der Waals surface area contributed by atoms with E-state index in [4.69, 9.17) is 5.41 Å². The monoisotopic (exact) mass is 334 g/mol. The summed E-state index contributed by atoms with van der Waals surface area (Å²) in [6.07, 6.45) is 4.57. The van der Waals surface area contributed by atoms with Gasteiger partial charge in [-0.15, -0.1) is 19.1 Å². The van der Waals surface area contributed by atoms with Crippen molar-refractivity contribution in [3.8, 4) is 0 Å². The summed E-state index contributed by atoms with van der Waals surface area (Å²) in [4.78, 5) is 2.05. The molecule has 118 valence electrons. The molecule has 1 aromatic rings. The van der Waals surface area contributed by atoms with E-state index < -0.39 is 11.6 Å². The van der Waals surface area contributed by atoms with E-state index in [0.29, 0.717) is 5.84 Å². The van der Waals surface area contributed by atoms with Gasteiger partial charge in [-0.25, -0.2) is 4.39 Å². The van der Waals surface area contributed by atoms with E-state index in [1.165, 1.54) is 6.07 Å². The summed E-state index contributed by atoms with van der Waals surface area (Å²) < 4.78 is 23.8. The van der Waals surface area contributed by atoms with Crippen LogP contribution in [0.1, 0.15) is 20.8 Å². The van der Waals surface area contributed by atoms with Gasteiger partial charge in [0.1, 0.15) is 0 Å². The van der Waals surface area contributed by atoms with Crippen LogP contribution in [0.5, 0.6) is 0 Å². The van der Waals surface area contributed by atoms with Crippen LogP contribution >= 0.6 is 0 Å². The van der Waals surface area contributed by atoms with E-state index in [1.807, 2.05) is 25.7 Å². The Balaban J connectivity index is 0. The maximum absolute atomic E-state index is 11.9. The fourth-order valence-corrected chi connectivity index (χ4v) is 1.52. The number of rotatable bonds is 1. The third-order valence-electron chi connectivity index (χ3n) is 2.50. The molecule has 1 heterocycles. The van der Waals surface area contributed by atoms with E-state index in [2.05, 4.69) is 17.5 Å². The summed E-state index contributed by atoms with van der Waals surface area (Å²) in [7, 11) is 0. The van der Waals surface area contributed by atoms with Crippen molar-refractivity contribution in [2.45, 2.75) is 20.8 Å². The van der Waals surface area contributed by atoms with Crippen molar-refractivity contribution in [2.75, 3.05) is 26.2 Å². The summed E-state index contributed by atoms with van der Waals surface area (Å²) in [5, 5.41) is 10.8. The Morgan fingerprint density at radius 1 is 1.32 bits per heavy atom. The van der Waals surface area contributed by atoms with Gasteiger partial charge in [-0.2, -0.15) is 18.2 Å². The van der Waals surface area contributed by atoms with Crippen LogP contribution < -0.4 is 56.7 Å². The van der Waals surface area contributed by atoms with Gasteiger partial charge in [0, 0.05) is 37.8 Å². The molecule has 0 bridgehead atoms. The second-order valence-electron chi connectivity index (χ2n) is 3.90. The Bertz CT molecular complexity index is 412. The number of nitrogens with one attached hydrogen (secondary N) is 2. The van der Waals surface area contributed by atoms with Crippen LogP contribution in [0, 0.1) is 29.2 Å². The van der Waals surface area contributed by atoms with Crippen molar-refractivity contribution in [1.29, 1.82) is 5.41 Å². The van der Waals surface area contributed by atoms with Crippen LogP contribution in [0.25, 0.3) is 0 Å². The van der Waals surface area contributed by atoms with Gasteiger partial charge in [0.05, 0.1) is 0 Å². The molecule has 0 atom stereocenters. The van der Waals surface area contributed by atoms with Gasteiger partial charge in [-0.1, -0.05) is 13.8 Å². The number of benzene rings is 1. The molecule has 1 aliphatic rings. The summed E-state index contributed by atoms with van der Waals surface area (Å²) in [5.41, 5.74) is 0. The smallest absolute Gasteiger partial charge is 0.432 e. The summed E-state index contributed by atoms with van der Waals surface area (Å²) >= 11 is 0. The number of nitrogens with zero attached hydrogens (tertiary/aromatic N) is 1. The minimum atomic E-state index is -0.854. The van der Waals surface area contributed by atoms with Crippen molar-refractivity contribution < 1.29 is 60.2 Å². The Kier molecular flexibility index (Phi) is 17.3. The van der Waals surface area contributed by atoms with E-state index in [9.17, 15) is 8.78 Å². The fourth-order valence-electron chi connectivity index (χ4n) is 1.52. The third-order valence-corrected chi connectivity index (χ3v) is 2.50. The second-order valence-corrected chi connectivity index (χ2v) is 3.90. The van der Waals surface area contributed by atoms with Crippen molar-refractivity contribution >= 4 is 5.84 Å². The van der Waals surface area contributed by atoms with Crippen LogP contribution in [-0.2, 0) is 0 Å². The molecule has 1 aromatic carbocycles. The quantitative estimate of drug-likeness (QED) is 0.330.